The molecule has 38 heavy (non-hydrogen) atoms. The van der Waals surface area contributed by atoms with E-state index in [1.807, 2.05) is 38.1 Å². The van der Waals surface area contributed by atoms with Gasteiger partial charge >= 0.3 is 12.1 Å². The second kappa shape index (κ2) is 11.3. The lowest BCUT2D eigenvalue weighted by Gasteiger charge is -2.31. The molecule has 0 radical (unpaired) electrons. The van der Waals surface area contributed by atoms with Crippen LogP contribution in [0.2, 0.25) is 0 Å². The second-order valence-corrected chi connectivity index (χ2v) is 8.97. The number of para-hydroxylation sites is 1. The van der Waals surface area contributed by atoms with Crippen molar-refractivity contribution < 1.29 is 23.9 Å². The van der Waals surface area contributed by atoms with Crippen molar-refractivity contribution in [1.29, 1.82) is 0 Å². The Morgan fingerprint density at radius 2 is 1.26 bits per heavy atom. The first-order valence-corrected chi connectivity index (χ1v) is 12.0. The summed E-state index contributed by atoms with van der Waals surface area (Å²) in [6.45, 7) is 3.91. The summed E-state index contributed by atoms with van der Waals surface area (Å²) in [6, 6.07) is 20.0. The molecule has 0 unspecified atom stereocenters. The maximum Gasteiger partial charge on any atom is 0.321 e. The van der Waals surface area contributed by atoms with Gasteiger partial charge in [-0.1, -0.05) is 53.6 Å². The van der Waals surface area contributed by atoms with Crippen LogP contribution in [0, 0.1) is 13.8 Å². The van der Waals surface area contributed by atoms with E-state index < -0.39 is 29.9 Å². The van der Waals surface area contributed by atoms with E-state index in [4.69, 9.17) is 9.47 Å². The smallest absolute Gasteiger partial charge is 0.321 e. The molecule has 0 aromatic heterocycles. The van der Waals surface area contributed by atoms with Crippen molar-refractivity contribution in [3.63, 3.8) is 0 Å². The quantitative estimate of drug-likeness (QED) is 0.336. The van der Waals surface area contributed by atoms with E-state index in [1.165, 1.54) is 19.1 Å². The average molecular weight is 518 g/mol. The number of anilines is 3. The molecule has 0 spiro atoms. The number of ether oxygens (including phenoxy) is 2. The van der Waals surface area contributed by atoms with Crippen molar-refractivity contribution in [2.45, 2.75) is 25.8 Å². The Morgan fingerprint density at radius 3 is 1.74 bits per heavy atom. The zero-order chi connectivity index (χ0) is 27.3. The fourth-order valence-electron chi connectivity index (χ4n) is 4.24. The molecule has 0 atom stereocenters. The molecule has 5 amide bonds. The molecule has 1 heterocycles. The third-order valence-electron chi connectivity index (χ3n) is 6.24. The summed E-state index contributed by atoms with van der Waals surface area (Å²) in [5.41, 5.74) is 2.11. The average Bonchev–Trinajstić information content (AvgIpc) is 3.12. The fraction of sp³-hybridized carbons (Fsp3) is 0.250. The van der Waals surface area contributed by atoms with Crippen LogP contribution in [0.4, 0.5) is 26.7 Å². The standard InChI is InChI=1S/C28H31N5O5/c1-18-9-13-20(14-10-18)29-26(35)31-28(32-27(36)30-21-15-11-19(2)12-16-21)22-7-5-6-8-23(22)33(25(28)34)17-24(37-3)38-4/h5-16,24H,17H2,1-4H3,(H2,29,31,35)(H2,30,32,36). The minimum Gasteiger partial charge on any atom is -0.354 e. The Bertz CT molecular complexity index is 1240. The van der Waals surface area contributed by atoms with Crippen LogP contribution in [0.25, 0.3) is 0 Å². The van der Waals surface area contributed by atoms with Crippen LogP contribution < -0.4 is 26.2 Å². The number of carbonyl (C=O) groups excluding carboxylic acids is 3. The van der Waals surface area contributed by atoms with Crippen molar-refractivity contribution in [2.24, 2.45) is 0 Å². The first-order chi connectivity index (χ1) is 18.3. The van der Waals surface area contributed by atoms with E-state index in [0.29, 0.717) is 22.6 Å². The van der Waals surface area contributed by atoms with Crippen molar-refractivity contribution in [3.8, 4) is 0 Å². The number of fused-ring (bicyclic) bond motifs is 1. The van der Waals surface area contributed by atoms with Gasteiger partial charge in [0.2, 0.25) is 5.66 Å². The van der Waals surface area contributed by atoms with Crippen molar-refractivity contribution in [1.82, 2.24) is 10.6 Å². The first kappa shape index (κ1) is 26.6. The van der Waals surface area contributed by atoms with Gasteiger partial charge in [-0.2, -0.15) is 0 Å². The van der Waals surface area contributed by atoms with E-state index in [1.54, 1.807) is 48.5 Å². The molecule has 0 saturated carbocycles. The second-order valence-electron chi connectivity index (χ2n) is 8.97. The van der Waals surface area contributed by atoms with Crippen LogP contribution in [0.1, 0.15) is 16.7 Å². The molecule has 1 aliphatic rings. The molecule has 0 saturated heterocycles. The van der Waals surface area contributed by atoms with E-state index in [0.717, 1.165) is 11.1 Å². The van der Waals surface area contributed by atoms with Crippen LogP contribution in [0.5, 0.6) is 0 Å². The van der Waals surface area contributed by atoms with E-state index >= 15 is 0 Å². The Morgan fingerprint density at radius 1 is 0.789 bits per heavy atom. The topological polar surface area (TPSA) is 121 Å². The van der Waals surface area contributed by atoms with Gasteiger partial charge in [-0.3, -0.25) is 4.79 Å². The number of carbonyl (C=O) groups is 3. The monoisotopic (exact) mass is 517 g/mol. The predicted octanol–water partition coefficient (Wildman–Crippen LogP) is 4.07. The number of urea groups is 2. The van der Waals surface area contributed by atoms with E-state index in [-0.39, 0.29) is 6.54 Å². The summed E-state index contributed by atoms with van der Waals surface area (Å²) < 4.78 is 10.6. The van der Waals surface area contributed by atoms with Gasteiger partial charge in [-0.15, -0.1) is 0 Å². The first-order valence-electron chi connectivity index (χ1n) is 12.0. The van der Waals surface area contributed by atoms with Crippen molar-refractivity contribution >= 4 is 35.0 Å². The number of hydrogen-bond acceptors (Lipinski definition) is 5. The molecule has 1 aliphatic heterocycles. The largest absolute Gasteiger partial charge is 0.354 e. The maximum absolute atomic E-state index is 14.0. The third kappa shape index (κ3) is 5.61. The molecule has 3 aromatic rings. The molecule has 3 aromatic carbocycles. The van der Waals surface area contributed by atoms with Gasteiger partial charge in [0.05, 0.1) is 12.2 Å². The zero-order valence-corrected chi connectivity index (χ0v) is 21.7. The maximum atomic E-state index is 14.0. The molecular formula is C28H31N5O5. The minimum atomic E-state index is -1.91. The van der Waals surface area contributed by atoms with Crippen LogP contribution in [0.15, 0.2) is 72.8 Å². The lowest BCUT2D eigenvalue weighted by molar-refractivity contribution is -0.128. The van der Waals surface area contributed by atoms with Gasteiger partial charge in [0.1, 0.15) is 0 Å². The summed E-state index contributed by atoms with van der Waals surface area (Å²) in [7, 11) is 2.93. The van der Waals surface area contributed by atoms with Gasteiger partial charge in [-0.25, -0.2) is 9.59 Å². The van der Waals surface area contributed by atoms with Gasteiger partial charge in [0, 0.05) is 31.2 Å². The molecule has 4 N–H and O–H groups in total. The summed E-state index contributed by atoms with van der Waals surface area (Å²) in [5.74, 6) is -0.573. The third-order valence-corrected chi connectivity index (χ3v) is 6.24. The highest BCUT2D eigenvalue weighted by atomic mass is 16.7. The fourth-order valence-corrected chi connectivity index (χ4v) is 4.24. The lowest BCUT2D eigenvalue weighted by Crippen LogP contribution is -2.65. The number of amides is 5. The Balaban J connectivity index is 1.69. The van der Waals surface area contributed by atoms with Crippen molar-refractivity contribution in [3.05, 3.63) is 89.5 Å². The Kier molecular flexibility index (Phi) is 7.94. The summed E-state index contributed by atoms with van der Waals surface area (Å²) in [4.78, 5) is 41.9. The summed E-state index contributed by atoms with van der Waals surface area (Å²) in [5, 5.41) is 10.9. The van der Waals surface area contributed by atoms with Gasteiger partial charge in [0.15, 0.2) is 6.29 Å². The molecule has 0 aliphatic carbocycles. The number of nitrogens with one attached hydrogen (secondary N) is 4. The summed E-state index contributed by atoms with van der Waals surface area (Å²) in [6.07, 6.45) is -0.731. The Labute approximate surface area is 221 Å². The SMILES string of the molecule is COC(CN1C(=O)C(NC(=O)Nc2ccc(C)cc2)(NC(=O)Nc2ccc(C)cc2)c2ccccc21)OC. The number of rotatable bonds is 8. The number of benzene rings is 3. The van der Waals surface area contributed by atoms with Gasteiger partial charge < -0.3 is 35.6 Å². The number of aryl methyl sites for hydroxylation is 2. The number of hydrogen-bond donors (Lipinski definition) is 4. The molecule has 0 fully saturated rings. The zero-order valence-electron chi connectivity index (χ0n) is 21.7. The number of methoxy groups -OCH3 is 2. The molecule has 198 valence electrons. The minimum absolute atomic E-state index is 0.0348. The van der Waals surface area contributed by atoms with Gasteiger partial charge in [-0.05, 0) is 44.2 Å². The lowest BCUT2D eigenvalue weighted by atomic mass is 10.0. The molecule has 0 bridgehead atoms. The number of nitrogens with zero attached hydrogens (tertiary/aromatic N) is 1. The highest BCUT2D eigenvalue weighted by Crippen LogP contribution is 2.39. The predicted molar refractivity (Wildman–Crippen MR) is 145 cm³/mol. The molecule has 10 heteroatoms. The van der Waals surface area contributed by atoms with E-state index in [9.17, 15) is 14.4 Å². The highest BCUT2D eigenvalue weighted by Gasteiger charge is 2.54. The van der Waals surface area contributed by atoms with Gasteiger partial charge in [0.25, 0.3) is 5.91 Å². The highest BCUT2D eigenvalue weighted by molar-refractivity contribution is 6.12. The molecule has 4 rings (SSSR count). The normalized spacial score (nSPS) is 13.7. The molecule has 10 nitrogen and oxygen atoms in total. The van der Waals surface area contributed by atoms with Crippen molar-refractivity contribution in [2.75, 3.05) is 36.3 Å². The van der Waals surface area contributed by atoms with E-state index in [2.05, 4.69) is 21.3 Å². The van der Waals surface area contributed by atoms with Crippen LogP contribution in [0.3, 0.4) is 0 Å². The van der Waals surface area contributed by atoms with Crippen LogP contribution in [-0.4, -0.2) is 45.0 Å². The molecular weight excluding hydrogens is 486 g/mol. The van der Waals surface area contributed by atoms with Crippen LogP contribution >= 0.6 is 0 Å². The summed E-state index contributed by atoms with van der Waals surface area (Å²) >= 11 is 0. The Hall–Kier alpha value is -4.41. The van der Waals surface area contributed by atoms with Crippen LogP contribution in [-0.2, 0) is 19.9 Å².